The van der Waals surface area contributed by atoms with Crippen LogP contribution in [-0.4, -0.2) is 46.7 Å². The average Bonchev–Trinajstić information content (AvgIpc) is 3.07. The largest absolute Gasteiger partial charge is 2.00 e. The molecule has 1 aliphatic rings. The Labute approximate surface area is 325 Å². The number of carboxylic acid groups (broad SMARTS) is 2. The summed E-state index contributed by atoms with van der Waals surface area (Å²) in [4.78, 5) is 27.7. The minimum Gasteiger partial charge on any atom is -0.550 e. The number of hydrogen-bond acceptors (Lipinski definition) is 8. The summed E-state index contributed by atoms with van der Waals surface area (Å²) in [7, 11) is 0. The van der Waals surface area contributed by atoms with E-state index >= 15 is 0 Å². The number of phenolic OH excluding ortho intramolecular Hbond substituents is 2. The number of carboxylic acids is 2. The standard InChI is InChI=1S/C40H46N2O2.2C2H4O2.Co/c1-39(2,3)35-23-29(27-13-9-7-10-14-27)21-31(37(35)43)25-41-33-17-19-34(20-18-33)42-26-32-22-30(28-15-11-8-12-16-28)24-36(38(32)44)40(4,5)6;2*1-2(3)4;/h7-16,21-26,33-34,43-44H,17-20H2,1-6H3;2*1H3,(H,3,4);/q;;;+2/p-2. The molecule has 0 saturated heterocycles. The van der Waals surface area contributed by atoms with Crippen LogP contribution in [0.5, 0.6) is 11.5 Å². The number of benzene rings is 4. The summed E-state index contributed by atoms with van der Waals surface area (Å²) in [6.45, 7) is 14.7. The van der Waals surface area contributed by atoms with Gasteiger partial charge in [0.2, 0.25) is 0 Å². The zero-order chi connectivity index (χ0) is 38.6. The molecule has 0 heterocycles. The predicted molar refractivity (Wildman–Crippen MR) is 207 cm³/mol. The smallest absolute Gasteiger partial charge is 0.550 e. The molecule has 0 aromatic heterocycles. The van der Waals surface area contributed by atoms with Crippen LogP contribution in [0, 0.1) is 0 Å². The summed E-state index contributed by atoms with van der Waals surface area (Å²) in [6.07, 6.45) is 7.49. The molecule has 4 aromatic rings. The van der Waals surface area contributed by atoms with Gasteiger partial charge < -0.3 is 30.0 Å². The fourth-order valence-electron chi connectivity index (χ4n) is 5.98. The minimum absolute atomic E-state index is 0. The van der Waals surface area contributed by atoms with Crippen LogP contribution in [0.2, 0.25) is 0 Å². The Morgan fingerprint density at radius 1 is 0.585 bits per heavy atom. The molecule has 0 bridgehead atoms. The summed E-state index contributed by atoms with van der Waals surface area (Å²) >= 11 is 0. The zero-order valence-electron chi connectivity index (χ0n) is 32.0. The number of nitrogens with zero attached hydrogens (tertiary/aromatic N) is 2. The molecule has 9 heteroatoms. The molecule has 5 rings (SSSR count). The van der Waals surface area contributed by atoms with Gasteiger partial charge in [0.15, 0.2) is 0 Å². The first-order valence-corrected chi connectivity index (χ1v) is 17.6. The van der Waals surface area contributed by atoms with E-state index in [1.165, 1.54) is 0 Å². The van der Waals surface area contributed by atoms with Crippen LogP contribution in [0.15, 0.2) is 94.9 Å². The third-order valence-corrected chi connectivity index (χ3v) is 8.62. The monoisotopic (exact) mass is 763 g/mol. The maximum Gasteiger partial charge on any atom is 2.00 e. The summed E-state index contributed by atoms with van der Waals surface area (Å²) in [5.41, 5.74) is 7.40. The summed E-state index contributed by atoms with van der Waals surface area (Å²) in [5, 5.41) is 40.2. The van der Waals surface area contributed by atoms with E-state index in [1.54, 1.807) is 0 Å². The molecule has 0 amide bonds. The Morgan fingerprint density at radius 3 is 1.13 bits per heavy atom. The van der Waals surface area contributed by atoms with E-state index < -0.39 is 11.9 Å². The molecule has 4 aromatic carbocycles. The van der Waals surface area contributed by atoms with Crippen molar-refractivity contribution in [3.05, 3.63) is 107 Å². The van der Waals surface area contributed by atoms with Crippen molar-refractivity contribution in [2.24, 2.45) is 9.98 Å². The molecular formula is C44H52CoN2O6. The van der Waals surface area contributed by atoms with Gasteiger partial charge in [0.1, 0.15) is 11.5 Å². The fourth-order valence-corrected chi connectivity index (χ4v) is 5.98. The van der Waals surface area contributed by atoms with Gasteiger partial charge in [-0.3, -0.25) is 9.98 Å². The van der Waals surface area contributed by atoms with Crippen molar-refractivity contribution >= 4 is 24.4 Å². The van der Waals surface area contributed by atoms with Gasteiger partial charge in [-0.2, -0.15) is 0 Å². The molecule has 283 valence electrons. The van der Waals surface area contributed by atoms with Crippen LogP contribution in [-0.2, 0) is 37.2 Å². The maximum absolute atomic E-state index is 11.2. The zero-order valence-corrected chi connectivity index (χ0v) is 33.0. The minimum atomic E-state index is -1.08. The number of rotatable bonds is 6. The number of hydrogen-bond donors (Lipinski definition) is 2. The van der Waals surface area contributed by atoms with Crippen molar-refractivity contribution < 1.29 is 46.8 Å². The Kier molecular flexibility index (Phi) is 16.7. The van der Waals surface area contributed by atoms with Crippen molar-refractivity contribution in [2.45, 2.75) is 104 Å². The van der Waals surface area contributed by atoms with E-state index in [1.807, 2.05) is 61.0 Å². The fraction of sp³-hybridized carbons (Fsp3) is 0.364. The Hall–Kier alpha value is -4.73. The van der Waals surface area contributed by atoms with Gasteiger partial charge in [0.05, 0.1) is 12.1 Å². The van der Waals surface area contributed by atoms with Gasteiger partial charge >= 0.3 is 16.8 Å². The SMILES string of the molecule is CC(=O)[O-].CC(=O)[O-].CC(C)(C)c1cc(-c2ccccc2)cc(C=NC2CCC(N=Cc3cc(-c4ccccc4)cc(C(C)(C)C)c3O)CC2)c1O.[Co+2]. The number of aliphatic carboxylic acids is 2. The second kappa shape index (κ2) is 19.9. The Morgan fingerprint density at radius 2 is 0.868 bits per heavy atom. The Balaban J connectivity index is 0.000000982. The first-order chi connectivity index (χ1) is 24.4. The molecule has 8 nitrogen and oxygen atoms in total. The molecule has 0 spiro atoms. The Bertz CT molecular complexity index is 1710. The molecule has 0 aliphatic heterocycles. The van der Waals surface area contributed by atoms with Crippen LogP contribution < -0.4 is 10.2 Å². The molecular weight excluding hydrogens is 711 g/mol. The van der Waals surface area contributed by atoms with E-state index in [0.717, 1.165) is 84.0 Å². The number of carbonyl (C=O) groups is 2. The molecule has 1 radical (unpaired) electrons. The number of phenols is 2. The molecule has 2 N–H and O–H groups in total. The van der Waals surface area contributed by atoms with Crippen LogP contribution in [0.1, 0.15) is 103 Å². The first-order valence-electron chi connectivity index (χ1n) is 17.6. The number of aliphatic imine (C=N–C) groups is 2. The van der Waals surface area contributed by atoms with Crippen molar-refractivity contribution in [3.63, 3.8) is 0 Å². The summed E-state index contributed by atoms with van der Waals surface area (Å²) < 4.78 is 0. The van der Waals surface area contributed by atoms with E-state index in [2.05, 4.69) is 77.9 Å². The van der Waals surface area contributed by atoms with Crippen molar-refractivity contribution in [2.75, 3.05) is 0 Å². The predicted octanol–water partition coefficient (Wildman–Crippen LogP) is 7.39. The summed E-state index contributed by atoms with van der Waals surface area (Å²) in [5.74, 6) is -1.54. The number of aromatic hydroxyl groups is 2. The van der Waals surface area contributed by atoms with Gasteiger partial charge in [0.25, 0.3) is 0 Å². The third kappa shape index (κ3) is 14.0. The van der Waals surface area contributed by atoms with Crippen molar-refractivity contribution in [1.29, 1.82) is 0 Å². The van der Waals surface area contributed by atoms with Crippen molar-refractivity contribution in [3.8, 4) is 33.8 Å². The normalized spacial score (nSPS) is 15.8. The van der Waals surface area contributed by atoms with Crippen LogP contribution in [0.4, 0.5) is 0 Å². The molecule has 53 heavy (non-hydrogen) atoms. The van der Waals surface area contributed by atoms with Crippen molar-refractivity contribution in [1.82, 2.24) is 0 Å². The molecule has 1 saturated carbocycles. The van der Waals surface area contributed by atoms with Gasteiger partial charge in [-0.1, -0.05) is 102 Å². The van der Waals surface area contributed by atoms with E-state index in [9.17, 15) is 10.2 Å². The van der Waals surface area contributed by atoms with Gasteiger partial charge in [-0.15, -0.1) is 0 Å². The van der Waals surface area contributed by atoms with E-state index in [-0.39, 0.29) is 39.7 Å². The average molecular weight is 764 g/mol. The van der Waals surface area contributed by atoms with Crippen LogP contribution >= 0.6 is 0 Å². The third-order valence-electron chi connectivity index (χ3n) is 8.62. The van der Waals surface area contributed by atoms with Gasteiger partial charge in [0, 0.05) is 46.6 Å². The number of carbonyl (C=O) groups excluding carboxylic acids is 2. The van der Waals surface area contributed by atoms with E-state index in [4.69, 9.17) is 29.8 Å². The second-order valence-corrected chi connectivity index (χ2v) is 15.2. The van der Waals surface area contributed by atoms with Crippen LogP contribution in [0.3, 0.4) is 0 Å². The van der Waals surface area contributed by atoms with Gasteiger partial charge in [-0.05, 0) is 96.9 Å². The molecule has 0 unspecified atom stereocenters. The molecule has 1 aliphatic carbocycles. The topological polar surface area (TPSA) is 145 Å². The van der Waals surface area contributed by atoms with Gasteiger partial charge in [-0.25, -0.2) is 0 Å². The molecule has 0 atom stereocenters. The quantitative estimate of drug-likeness (QED) is 0.196. The maximum atomic E-state index is 11.2. The summed E-state index contributed by atoms with van der Waals surface area (Å²) in [6, 6.07) is 29.3. The molecule has 1 fully saturated rings. The first kappa shape index (κ1) is 44.4. The van der Waals surface area contributed by atoms with E-state index in [0.29, 0.717) is 11.5 Å². The second-order valence-electron chi connectivity index (χ2n) is 15.2. The van der Waals surface area contributed by atoms with Crippen LogP contribution in [0.25, 0.3) is 22.3 Å².